The van der Waals surface area contributed by atoms with E-state index in [4.69, 9.17) is 13.8 Å². The Kier molecular flexibility index (Phi) is 50.3. The van der Waals surface area contributed by atoms with Gasteiger partial charge in [0.25, 0.3) is 7.82 Å². The molecule has 10 heteroatoms. The molecule has 0 saturated heterocycles. The first-order valence-corrected chi connectivity index (χ1v) is 32.0. The van der Waals surface area contributed by atoms with Crippen molar-refractivity contribution < 1.29 is 37.3 Å². The van der Waals surface area contributed by atoms with Crippen LogP contribution in [0.1, 0.15) is 310 Å². The van der Waals surface area contributed by atoms with Gasteiger partial charge in [0.15, 0.2) is 0 Å². The van der Waals surface area contributed by atoms with Crippen molar-refractivity contribution in [2.75, 3.05) is 40.9 Å². The number of amides is 1. The largest absolute Gasteiger partial charge is 0.756 e. The molecule has 70 heavy (non-hydrogen) atoms. The molecule has 416 valence electrons. The van der Waals surface area contributed by atoms with Crippen LogP contribution in [0.2, 0.25) is 0 Å². The number of carbonyl (C=O) groups is 2. The summed E-state index contributed by atoms with van der Waals surface area (Å²) < 4.78 is 30.3. The van der Waals surface area contributed by atoms with Crippen LogP contribution >= 0.6 is 7.82 Å². The van der Waals surface area contributed by atoms with E-state index in [2.05, 4.69) is 26.1 Å². The van der Waals surface area contributed by atoms with E-state index in [0.29, 0.717) is 17.4 Å². The molecular formula is C60H119N2O7P. The molecule has 0 saturated carbocycles. The number of ether oxygens (including phenoxy) is 1. The van der Waals surface area contributed by atoms with Crippen LogP contribution < -0.4 is 10.2 Å². The first-order chi connectivity index (χ1) is 33.9. The van der Waals surface area contributed by atoms with Gasteiger partial charge in [-0.15, -0.1) is 0 Å². The van der Waals surface area contributed by atoms with Crippen LogP contribution in [0.25, 0.3) is 0 Å². The average molecular weight is 1010 g/mol. The standard InChI is InChI=1S/C60H119N2O7P/c1-7-10-13-16-19-22-25-27-28-29-30-31-32-33-34-35-38-41-44-47-50-53-60(64)69-58(51-48-45-42-39-37-26-23-20-17-14-11-8-2)57(56-68-70(65,66)67-55-54-62(4,5)6)61-59(63)52-49-46-43-40-36-24-21-18-15-12-9-3/h48,51,57-58H,7-47,49-50,52-56H2,1-6H3,(H-,61,63,65,66)/b51-48-. The van der Waals surface area contributed by atoms with E-state index in [9.17, 15) is 19.0 Å². The lowest BCUT2D eigenvalue weighted by Crippen LogP contribution is -2.47. The van der Waals surface area contributed by atoms with Gasteiger partial charge >= 0.3 is 5.97 Å². The topological polar surface area (TPSA) is 114 Å². The number of phosphoric acid groups is 1. The highest BCUT2D eigenvalue weighted by molar-refractivity contribution is 7.45. The molecule has 0 aromatic rings. The zero-order chi connectivity index (χ0) is 51.5. The molecule has 0 aromatic heterocycles. The van der Waals surface area contributed by atoms with E-state index in [1.807, 2.05) is 33.3 Å². The Morgan fingerprint density at radius 3 is 1.17 bits per heavy atom. The van der Waals surface area contributed by atoms with Crippen molar-refractivity contribution in [2.45, 2.75) is 322 Å². The summed E-state index contributed by atoms with van der Waals surface area (Å²) in [4.78, 5) is 39.8. The molecule has 0 radical (unpaired) electrons. The lowest BCUT2D eigenvalue weighted by atomic mass is 10.0. The van der Waals surface area contributed by atoms with Crippen molar-refractivity contribution in [1.82, 2.24) is 5.32 Å². The van der Waals surface area contributed by atoms with Gasteiger partial charge in [-0.2, -0.15) is 0 Å². The third kappa shape index (κ3) is 51.6. The Balaban J connectivity index is 5.13. The minimum Gasteiger partial charge on any atom is -0.756 e. The van der Waals surface area contributed by atoms with E-state index in [0.717, 1.165) is 57.8 Å². The summed E-state index contributed by atoms with van der Waals surface area (Å²) in [6.07, 6.45) is 57.5. The van der Waals surface area contributed by atoms with E-state index in [1.54, 1.807) is 0 Å². The normalized spacial score (nSPS) is 13.8. The first-order valence-electron chi connectivity index (χ1n) is 30.5. The van der Waals surface area contributed by atoms with Crippen LogP contribution in [0.5, 0.6) is 0 Å². The van der Waals surface area contributed by atoms with E-state index in [1.165, 1.54) is 218 Å². The van der Waals surface area contributed by atoms with Gasteiger partial charge < -0.3 is 28.5 Å². The molecule has 0 bridgehead atoms. The maximum atomic E-state index is 13.4. The van der Waals surface area contributed by atoms with E-state index in [-0.39, 0.29) is 31.5 Å². The number of rotatable bonds is 56. The monoisotopic (exact) mass is 1010 g/mol. The quantitative estimate of drug-likeness (QED) is 0.0212. The number of likely N-dealkylation sites (N-methyl/N-ethyl adjacent to an activating group) is 1. The van der Waals surface area contributed by atoms with Crippen molar-refractivity contribution >= 4 is 19.7 Å². The summed E-state index contributed by atoms with van der Waals surface area (Å²) in [5.74, 6) is -0.523. The Hall–Kier alpha value is -1.25. The smallest absolute Gasteiger partial charge is 0.306 e. The van der Waals surface area contributed by atoms with E-state index < -0.39 is 20.0 Å². The van der Waals surface area contributed by atoms with Gasteiger partial charge in [0, 0.05) is 12.8 Å². The van der Waals surface area contributed by atoms with E-state index >= 15 is 0 Å². The lowest BCUT2D eigenvalue weighted by molar-refractivity contribution is -0.870. The second-order valence-electron chi connectivity index (χ2n) is 22.2. The predicted molar refractivity (Wildman–Crippen MR) is 298 cm³/mol. The zero-order valence-corrected chi connectivity index (χ0v) is 48.4. The van der Waals surface area contributed by atoms with Crippen LogP contribution in [-0.2, 0) is 27.9 Å². The van der Waals surface area contributed by atoms with Gasteiger partial charge in [0.1, 0.15) is 19.3 Å². The zero-order valence-electron chi connectivity index (χ0n) is 47.5. The molecule has 0 aromatic carbocycles. The summed E-state index contributed by atoms with van der Waals surface area (Å²) in [6, 6.07) is -0.878. The SMILES string of the molecule is CCCCCCCCCCCC/C=C\C(OC(=O)CCCCCCCCCCCCCCCCCCCCCCC)C(COP(=O)([O-])OCC[N+](C)(C)C)NC(=O)CCCCCCCCCCCCC. The third-order valence-corrected chi connectivity index (χ3v) is 14.9. The minimum absolute atomic E-state index is 0.0170. The number of quaternary nitrogens is 1. The molecule has 1 N–H and O–H groups in total. The van der Waals surface area contributed by atoms with Gasteiger partial charge in [-0.05, 0) is 31.8 Å². The maximum absolute atomic E-state index is 13.4. The Morgan fingerprint density at radius 2 is 0.814 bits per heavy atom. The van der Waals surface area contributed by atoms with Gasteiger partial charge in [-0.3, -0.25) is 14.2 Å². The molecule has 3 unspecified atom stereocenters. The number of esters is 1. The molecule has 0 aliphatic carbocycles. The number of unbranched alkanes of at least 4 members (excludes halogenated alkanes) is 40. The Labute approximate surface area is 435 Å². The summed E-state index contributed by atoms with van der Waals surface area (Å²) in [6.45, 7) is 6.88. The number of nitrogens with one attached hydrogen (secondary N) is 1. The minimum atomic E-state index is -4.68. The van der Waals surface area contributed by atoms with Gasteiger partial charge in [-0.25, -0.2) is 0 Å². The summed E-state index contributed by atoms with van der Waals surface area (Å²) >= 11 is 0. The first kappa shape index (κ1) is 68.8. The maximum Gasteiger partial charge on any atom is 0.306 e. The third-order valence-electron chi connectivity index (χ3n) is 14.0. The Morgan fingerprint density at radius 1 is 0.486 bits per heavy atom. The lowest BCUT2D eigenvalue weighted by Gasteiger charge is -2.30. The average Bonchev–Trinajstić information content (AvgIpc) is 3.32. The molecule has 0 aliphatic heterocycles. The molecular weight excluding hydrogens is 892 g/mol. The fraction of sp³-hybridized carbons (Fsp3) is 0.933. The number of nitrogens with zero attached hydrogens (tertiary/aromatic N) is 1. The molecule has 0 spiro atoms. The molecule has 3 atom stereocenters. The van der Waals surface area contributed by atoms with Crippen LogP contribution in [-0.4, -0.2) is 69.4 Å². The van der Waals surface area contributed by atoms with Crippen LogP contribution in [0.15, 0.2) is 12.2 Å². The van der Waals surface area contributed by atoms with Gasteiger partial charge in [-0.1, -0.05) is 277 Å². The summed E-state index contributed by atoms with van der Waals surface area (Å²) in [5, 5.41) is 3.02. The second-order valence-corrected chi connectivity index (χ2v) is 23.6. The number of hydrogen-bond donors (Lipinski definition) is 1. The number of allylic oxidation sites excluding steroid dienone is 1. The molecule has 1 amide bonds. The molecule has 0 rings (SSSR count). The van der Waals surface area contributed by atoms with Crippen molar-refractivity contribution in [2.24, 2.45) is 0 Å². The molecule has 0 heterocycles. The summed E-state index contributed by atoms with van der Waals surface area (Å²) in [5.41, 5.74) is 0. The highest BCUT2D eigenvalue weighted by atomic mass is 31.2. The number of carbonyl (C=O) groups excluding carboxylic acids is 2. The Bertz CT molecular complexity index is 1210. The van der Waals surface area contributed by atoms with Crippen molar-refractivity contribution in [3.63, 3.8) is 0 Å². The van der Waals surface area contributed by atoms with Gasteiger partial charge in [0.2, 0.25) is 5.91 Å². The molecule has 9 nitrogen and oxygen atoms in total. The van der Waals surface area contributed by atoms with Crippen LogP contribution in [0.4, 0.5) is 0 Å². The number of hydrogen-bond acceptors (Lipinski definition) is 7. The van der Waals surface area contributed by atoms with Crippen LogP contribution in [0, 0.1) is 0 Å². The van der Waals surface area contributed by atoms with Crippen molar-refractivity contribution in [3.05, 3.63) is 12.2 Å². The highest BCUT2D eigenvalue weighted by Crippen LogP contribution is 2.38. The summed E-state index contributed by atoms with van der Waals surface area (Å²) in [7, 11) is 1.20. The fourth-order valence-electron chi connectivity index (χ4n) is 9.23. The fourth-order valence-corrected chi connectivity index (χ4v) is 9.95. The highest BCUT2D eigenvalue weighted by Gasteiger charge is 2.27. The van der Waals surface area contributed by atoms with Crippen molar-refractivity contribution in [3.8, 4) is 0 Å². The van der Waals surface area contributed by atoms with Crippen LogP contribution in [0.3, 0.4) is 0 Å². The van der Waals surface area contributed by atoms with Gasteiger partial charge in [0.05, 0.1) is 33.8 Å². The molecule has 0 aliphatic rings. The molecule has 0 fully saturated rings. The second kappa shape index (κ2) is 51.2. The van der Waals surface area contributed by atoms with Crippen molar-refractivity contribution in [1.29, 1.82) is 0 Å². The predicted octanol–water partition coefficient (Wildman–Crippen LogP) is 17.8. The number of phosphoric ester groups is 1.